The van der Waals surface area contributed by atoms with Crippen LogP contribution in [0.25, 0.3) is 0 Å². The van der Waals surface area contributed by atoms with Crippen LogP contribution in [0.5, 0.6) is 0 Å². The number of carboxylic acids is 1. The van der Waals surface area contributed by atoms with E-state index < -0.39 is 12.0 Å². The first-order valence-electron chi connectivity index (χ1n) is 3.78. The highest BCUT2D eigenvalue weighted by Gasteiger charge is 2.11. The third kappa shape index (κ3) is 2.72. The molecule has 1 heterocycles. The van der Waals surface area contributed by atoms with Crippen molar-refractivity contribution in [2.24, 2.45) is 5.73 Å². The molecule has 13 heavy (non-hydrogen) atoms. The van der Waals surface area contributed by atoms with Crippen LogP contribution in [0.3, 0.4) is 0 Å². The standard InChI is InChI=1S/C8H11N3O2/c9-6(8(12)13)3-5-1-2-11-7(10)4-5/h1-2,4,6H,3,9H2,(H2,10,11)(H,12,13)/t6-/m0/s1. The molecular weight excluding hydrogens is 170 g/mol. The molecule has 70 valence electrons. The molecule has 0 saturated heterocycles. The van der Waals surface area contributed by atoms with Crippen LogP contribution in [-0.4, -0.2) is 22.1 Å². The monoisotopic (exact) mass is 181 g/mol. The summed E-state index contributed by atoms with van der Waals surface area (Å²) >= 11 is 0. The Kier molecular flexibility index (Phi) is 2.81. The number of carbonyl (C=O) groups is 1. The van der Waals surface area contributed by atoms with Gasteiger partial charge in [0.05, 0.1) is 0 Å². The van der Waals surface area contributed by atoms with Gasteiger partial charge in [0.25, 0.3) is 0 Å². The molecular formula is C8H11N3O2. The van der Waals surface area contributed by atoms with Gasteiger partial charge in [0.2, 0.25) is 0 Å². The maximum Gasteiger partial charge on any atom is 0.320 e. The number of pyridine rings is 1. The second-order valence-electron chi connectivity index (χ2n) is 2.74. The van der Waals surface area contributed by atoms with Gasteiger partial charge in [0.15, 0.2) is 0 Å². The molecule has 5 N–H and O–H groups in total. The lowest BCUT2D eigenvalue weighted by molar-refractivity contribution is -0.138. The van der Waals surface area contributed by atoms with Crippen molar-refractivity contribution in [3.63, 3.8) is 0 Å². The number of nitrogen functional groups attached to an aromatic ring is 1. The Balaban J connectivity index is 2.69. The maximum atomic E-state index is 10.4. The molecule has 0 fully saturated rings. The highest BCUT2D eigenvalue weighted by Crippen LogP contribution is 2.05. The van der Waals surface area contributed by atoms with E-state index in [9.17, 15) is 4.79 Å². The van der Waals surface area contributed by atoms with Crippen LogP contribution in [0.1, 0.15) is 5.56 Å². The minimum atomic E-state index is -1.02. The van der Waals surface area contributed by atoms with Crippen LogP contribution in [-0.2, 0) is 11.2 Å². The predicted octanol–water partition coefficient (Wildman–Crippen LogP) is -0.382. The minimum absolute atomic E-state index is 0.266. The van der Waals surface area contributed by atoms with Crippen molar-refractivity contribution in [1.29, 1.82) is 0 Å². The molecule has 0 bridgehead atoms. The normalized spacial score (nSPS) is 12.4. The molecule has 1 aromatic heterocycles. The molecule has 5 heteroatoms. The highest BCUT2D eigenvalue weighted by molar-refractivity contribution is 5.73. The van der Waals surface area contributed by atoms with E-state index in [4.69, 9.17) is 16.6 Å². The molecule has 0 unspecified atom stereocenters. The first kappa shape index (κ1) is 9.47. The average Bonchev–Trinajstić information content (AvgIpc) is 2.04. The topological polar surface area (TPSA) is 102 Å². The number of aliphatic carboxylic acids is 1. The Bertz CT molecular complexity index is 314. The van der Waals surface area contributed by atoms with Crippen molar-refractivity contribution < 1.29 is 9.90 Å². The van der Waals surface area contributed by atoms with E-state index in [0.29, 0.717) is 5.82 Å². The number of carboxylic acid groups (broad SMARTS) is 1. The number of anilines is 1. The van der Waals surface area contributed by atoms with E-state index in [-0.39, 0.29) is 6.42 Å². The second-order valence-corrected chi connectivity index (χ2v) is 2.74. The summed E-state index contributed by atoms with van der Waals surface area (Å²) in [7, 11) is 0. The van der Waals surface area contributed by atoms with Crippen LogP contribution in [0, 0.1) is 0 Å². The Labute approximate surface area is 75.4 Å². The summed E-state index contributed by atoms with van der Waals surface area (Å²) in [5.41, 5.74) is 11.5. The second kappa shape index (κ2) is 3.86. The van der Waals surface area contributed by atoms with Crippen molar-refractivity contribution in [2.75, 3.05) is 5.73 Å². The summed E-state index contributed by atoms with van der Waals surface area (Å²) in [6, 6.07) is 2.42. The van der Waals surface area contributed by atoms with E-state index >= 15 is 0 Å². The lowest BCUT2D eigenvalue weighted by atomic mass is 10.1. The third-order valence-electron chi connectivity index (χ3n) is 1.62. The SMILES string of the molecule is Nc1cc(C[C@H](N)C(=O)O)ccn1. The maximum absolute atomic E-state index is 10.4. The van der Waals surface area contributed by atoms with Crippen molar-refractivity contribution in [1.82, 2.24) is 4.98 Å². The zero-order chi connectivity index (χ0) is 9.84. The first-order valence-corrected chi connectivity index (χ1v) is 3.78. The van der Waals surface area contributed by atoms with Crippen molar-refractivity contribution in [3.8, 4) is 0 Å². The van der Waals surface area contributed by atoms with E-state index in [0.717, 1.165) is 5.56 Å². The van der Waals surface area contributed by atoms with Crippen LogP contribution in [0.2, 0.25) is 0 Å². The summed E-state index contributed by atoms with van der Waals surface area (Å²) < 4.78 is 0. The minimum Gasteiger partial charge on any atom is -0.480 e. The Morgan fingerprint density at radius 2 is 2.38 bits per heavy atom. The van der Waals surface area contributed by atoms with Gasteiger partial charge in [-0.3, -0.25) is 4.79 Å². The molecule has 0 aromatic carbocycles. The van der Waals surface area contributed by atoms with Crippen LogP contribution in [0.15, 0.2) is 18.3 Å². The van der Waals surface area contributed by atoms with E-state index in [1.165, 1.54) is 6.20 Å². The third-order valence-corrected chi connectivity index (χ3v) is 1.62. The molecule has 0 aliphatic carbocycles. The van der Waals surface area contributed by atoms with Gasteiger partial charge >= 0.3 is 5.97 Å². The summed E-state index contributed by atoms with van der Waals surface area (Å²) in [4.78, 5) is 14.2. The number of hydrogen-bond acceptors (Lipinski definition) is 4. The Morgan fingerprint density at radius 3 is 2.92 bits per heavy atom. The molecule has 0 amide bonds. The van der Waals surface area contributed by atoms with Gasteiger partial charge in [-0.1, -0.05) is 0 Å². The molecule has 1 atom stereocenters. The van der Waals surface area contributed by atoms with E-state index in [1.807, 2.05) is 0 Å². The molecule has 1 rings (SSSR count). The Hall–Kier alpha value is -1.62. The quantitative estimate of drug-likeness (QED) is 0.589. The molecule has 0 spiro atoms. The largest absolute Gasteiger partial charge is 0.480 e. The fourth-order valence-corrected chi connectivity index (χ4v) is 0.963. The fraction of sp³-hybridized carbons (Fsp3) is 0.250. The van der Waals surface area contributed by atoms with Crippen LogP contribution < -0.4 is 11.5 Å². The molecule has 0 aliphatic rings. The molecule has 0 aliphatic heterocycles. The number of rotatable bonds is 3. The summed E-state index contributed by atoms with van der Waals surface area (Å²) in [5, 5.41) is 8.54. The zero-order valence-corrected chi connectivity index (χ0v) is 6.97. The summed E-state index contributed by atoms with van der Waals surface area (Å²) in [6.07, 6.45) is 1.79. The molecule has 1 aromatic rings. The van der Waals surface area contributed by atoms with Gasteiger partial charge in [-0.2, -0.15) is 0 Å². The van der Waals surface area contributed by atoms with Gasteiger partial charge in [-0.05, 0) is 24.1 Å². The number of nitrogens with two attached hydrogens (primary N) is 2. The van der Waals surface area contributed by atoms with Gasteiger partial charge < -0.3 is 16.6 Å². The molecule has 0 saturated carbocycles. The molecule has 5 nitrogen and oxygen atoms in total. The van der Waals surface area contributed by atoms with Gasteiger partial charge in [-0.15, -0.1) is 0 Å². The predicted molar refractivity (Wildman–Crippen MR) is 48.0 cm³/mol. The lowest BCUT2D eigenvalue weighted by Gasteiger charge is -2.05. The fourth-order valence-electron chi connectivity index (χ4n) is 0.963. The first-order chi connectivity index (χ1) is 6.09. The number of nitrogens with zero attached hydrogens (tertiary/aromatic N) is 1. The average molecular weight is 181 g/mol. The Morgan fingerprint density at radius 1 is 1.69 bits per heavy atom. The number of hydrogen-bond donors (Lipinski definition) is 3. The summed E-state index contributed by atoms with van der Waals surface area (Å²) in [6.45, 7) is 0. The zero-order valence-electron chi connectivity index (χ0n) is 6.97. The highest BCUT2D eigenvalue weighted by atomic mass is 16.4. The van der Waals surface area contributed by atoms with Gasteiger partial charge in [0, 0.05) is 6.20 Å². The number of aromatic nitrogens is 1. The van der Waals surface area contributed by atoms with Crippen LogP contribution in [0.4, 0.5) is 5.82 Å². The summed E-state index contributed by atoms with van der Waals surface area (Å²) in [5.74, 6) is -0.648. The lowest BCUT2D eigenvalue weighted by Crippen LogP contribution is -2.32. The van der Waals surface area contributed by atoms with E-state index in [1.54, 1.807) is 12.1 Å². The van der Waals surface area contributed by atoms with Crippen molar-refractivity contribution in [3.05, 3.63) is 23.9 Å². The van der Waals surface area contributed by atoms with Crippen molar-refractivity contribution >= 4 is 11.8 Å². The van der Waals surface area contributed by atoms with Gasteiger partial charge in [0.1, 0.15) is 11.9 Å². The molecule has 0 radical (unpaired) electrons. The van der Waals surface area contributed by atoms with Crippen molar-refractivity contribution in [2.45, 2.75) is 12.5 Å². The van der Waals surface area contributed by atoms with Gasteiger partial charge in [-0.25, -0.2) is 4.98 Å². The smallest absolute Gasteiger partial charge is 0.320 e. The van der Waals surface area contributed by atoms with E-state index in [2.05, 4.69) is 4.98 Å². The van der Waals surface area contributed by atoms with Crippen LogP contribution >= 0.6 is 0 Å².